The molecule has 140 valence electrons. The number of carboxylic acid groups (broad SMARTS) is 1. The summed E-state index contributed by atoms with van der Waals surface area (Å²) in [5.74, 6) is -0.667. The van der Waals surface area contributed by atoms with Gasteiger partial charge in [-0.1, -0.05) is 69.7 Å². The Kier molecular flexibility index (Phi) is 7.95. The van der Waals surface area contributed by atoms with E-state index in [0.717, 1.165) is 19.5 Å². The number of benzene rings is 1. The number of aliphatic carboxylic acids is 1. The molecule has 0 bridgehead atoms. The topological polar surface area (TPSA) is 40.5 Å². The van der Waals surface area contributed by atoms with Gasteiger partial charge in [0.25, 0.3) is 0 Å². The lowest BCUT2D eigenvalue weighted by molar-refractivity contribution is -0.147. The molecule has 1 heterocycles. The molecule has 1 unspecified atom stereocenters. The zero-order valence-corrected chi connectivity index (χ0v) is 16.1. The highest BCUT2D eigenvalue weighted by Crippen LogP contribution is 2.31. The highest BCUT2D eigenvalue weighted by atomic mass is 16.4. The molecule has 1 aromatic rings. The van der Waals surface area contributed by atoms with Crippen molar-refractivity contribution in [2.24, 2.45) is 5.41 Å². The zero-order valence-electron chi connectivity index (χ0n) is 16.1. The van der Waals surface area contributed by atoms with Gasteiger partial charge in [-0.15, -0.1) is 0 Å². The maximum Gasteiger partial charge on any atom is 0.310 e. The minimum atomic E-state index is -0.667. The van der Waals surface area contributed by atoms with Crippen LogP contribution in [-0.2, 0) is 17.8 Å². The molecule has 25 heavy (non-hydrogen) atoms. The monoisotopic (exact) mass is 345 g/mol. The standard InChI is InChI=1S/C22H35NO2/c1-3-4-5-6-7-8-9-10-19-11-13-20(14-12-19)17-23-16-15-22(2,18-23)21(24)25/h11-14H,3-10,15-18H2,1-2H3,(H,24,25). The van der Waals surface area contributed by atoms with Crippen LogP contribution in [0.3, 0.4) is 0 Å². The molecule has 0 aromatic heterocycles. The van der Waals surface area contributed by atoms with Crippen molar-refractivity contribution < 1.29 is 9.90 Å². The van der Waals surface area contributed by atoms with E-state index in [9.17, 15) is 9.90 Å². The summed E-state index contributed by atoms with van der Waals surface area (Å²) >= 11 is 0. The van der Waals surface area contributed by atoms with Crippen LogP contribution >= 0.6 is 0 Å². The third kappa shape index (κ3) is 6.47. The normalized spacial score (nSPS) is 20.9. The summed E-state index contributed by atoms with van der Waals surface area (Å²) in [6.45, 7) is 6.52. The molecule has 0 saturated carbocycles. The first-order chi connectivity index (χ1) is 12.0. The Bertz CT molecular complexity index is 525. The lowest BCUT2D eigenvalue weighted by Gasteiger charge is -2.20. The van der Waals surface area contributed by atoms with Crippen LogP contribution in [-0.4, -0.2) is 29.1 Å². The van der Waals surface area contributed by atoms with Crippen LogP contribution in [0.5, 0.6) is 0 Å². The summed E-state index contributed by atoms with van der Waals surface area (Å²) in [4.78, 5) is 13.6. The van der Waals surface area contributed by atoms with Gasteiger partial charge in [-0.3, -0.25) is 9.69 Å². The lowest BCUT2D eigenvalue weighted by Crippen LogP contribution is -2.31. The first-order valence-corrected chi connectivity index (χ1v) is 10.1. The highest BCUT2D eigenvalue weighted by molar-refractivity contribution is 5.74. The molecule has 1 aliphatic heterocycles. The Morgan fingerprint density at radius 2 is 1.64 bits per heavy atom. The summed E-state index contributed by atoms with van der Waals surface area (Å²) in [5, 5.41) is 9.33. The van der Waals surface area contributed by atoms with Crippen LogP contribution in [0, 0.1) is 5.41 Å². The van der Waals surface area contributed by atoms with Crippen molar-refractivity contribution in [1.82, 2.24) is 4.90 Å². The predicted octanol–water partition coefficient (Wildman–Crippen LogP) is 5.28. The second-order valence-corrected chi connectivity index (χ2v) is 8.01. The molecule has 1 aromatic carbocycles. The van der Waals surface area contributed by atoms with E-state index in [2.05, 4.69) is 36.1 Å². The number of rotatable bonds is 11. The van der Waals surface area contributed by atoms with E-state index in [1.165, 1.54) is 62.5 Å². The second-order valence-electron chi connectivity index (χ2n) is 8.01. The maximum absolute atomic E-state index is 11.3. The molecule has 1 saturated heterocycles. The molecule has 3 heteroatoms. The molecule has 0 amide bonds. The van der Waals surface area contributed by atoms with Gasteiger partial charge >= 0.3 is 5.97 Å². The minimum absolute atomic E-state index is 0.572. The van der Waals surface area contributed by atoms with Gasteiger partial charge in [-0.05, 0) is 43.9 Å². The first-order valence-electron chi connectivity index (χ1n) is 10.1. The minimum Gasteiger partial charge on any atom is -0.481 e. The fourth-order valence-electron chi connectivity index (χ4n) is 3.72. The fraction of sp³-hybridized carbons (Fsp3) is 0.682. The summed E-state index contributed by atoms with van der Waals surface area (Å²) in [5.41, 5.74) is 2.14. The van der Waals surface area contributed by atoms with E-state index >= 15 is 0 Å². The molecular formula is C22H35NO2. The van der Waals surface area contributed by atoms with Crippen LogP contribution in [0.15, 0.2) is 24.3 Å². The van der Waals surface area contributed by atoms with Gasteiger partial charge in [0.1, 0.15) is 0 Å². The van der Waals surface area contributed by atoms with E-state index < -0.39 is 11.4 Å². The molecule has 1 N–H and O–H groups in total. The Hall–Kier alpha value is -1.35. The van der Waals surface area contributed by atoms with Crippen molar-refractivity contribution in [3.8, 4) is 0 Å². The second kappa shape index (κ2) is 9.96. The van der Waals surface area contributed by atoms with Gasteiger partial charge in [-0.25, -0.2) is 0 Å². The number of unbranched alkanes of at least 4 members (excludes halogenated alkanes) is 6. The third-order valence-corrected chi connectivity index (χ3v) is 5.57. The first kappa shape index (κ1) is 20.0. The van der Waals surface area contributed by atoms with Crippen LogP contribution in [0.2, 0.25) is 0 Å². The molecule has 1 atom stereocenters. The molecule has 0 radical (unpaired) electrons. The van der Waals surface area contributed by atoms with Crippen LogP contribution in [0.1, 0.15) is 76.3 Å². The molecule has 2 rings (SSSR count). The van der Waals surface area contributed by atoms with Crippen molar-refractivity contribution in [2.45, 2.75) is 78.2 Å². The van der Waals surface area contributed by atoms with E-state index in [0.29, 0.717) is 6.54 Å². The summed E-state index contributed by atoms with van der Waals surface area (Å²) in [6.07, 6.45) is 11.4. The Morgan fingerprint density at radius 1 is 1.04 bits per heavy atom. The molecule has 0 aliphatic carbocycles. The van der Waals surface area contributed by atoms with E-state index in [1.807, 2.05) is 6.92 Å². The number of hydrogen-bond acceptors (Lipinski definition) is 2. The average Bonchev–Trinajstić information content (AvgIpc) is 2.98. The third-order valence-electron chi connectivity index (χ3n) is 5.57. The van der Waals surface area contributed by atoms with E-state index in [1.54, 1.807) is 0 Å². The van der Waals surface area contributed by atoms with Gasteiger partial charge in [0, 0.05) is 13.1 Å². The molecule has 3 nitrogen and oxygen atoms in total. The predicted molar refractivity (Wildman–Crippen MR) is 104 cm³/mol. The number of likely N-dealkylation sites (tertiary alicyclic amines) is 1. The quantitative estimate of drug-likeness (QED) is 0.555. The van der Waals surface area contributed by atoms with Crippen molar-refractivity contribution in [2.75, 3.05) is 13.1 Å². The summed E-state index contributed by atoms with van der Waals surface area (Å²) in [7, 11) is 0. The summed E-state index contributed by atoms with van der Waals surface area (Å²) < 4.78 is 0. The smallest absolute Gasteiger partial charge is 0.310 e. The average molecular weight is 346 g/mol. The largest absolute Gasteiger partial charge is 0.481 e. The van der Waals surface area contributed by atoms with Gasteiger partial charge < -0.3 is 5.11 Å². The molecular weight excluding hydrogens is 310 g/mol. The van der Waals surface area contributed by atoms with Crippen LogP contribution < -0.4 is 0 Å². The Balaban J connectivity index is 1.67. The molecule has 1 aliphatic rings. The molecule has 0 spiro atoms. The van der Waals surface area contributed by atoms with Crippen molar-refractivity contribution in [3.63, 3.8) is 0 Å². The maximum atomic E-state index is 11.3. The van der Waals surface area contributed by atoms with Gasteiger partial charge in [0.05, 0.1) is 5.41 Å². The summed E-state index contributed by atoms with van der Waals surface area (Å²) in [6, 6.07) is 8.93. The SMILES string of the molecule is CCCCCCCCCc1ccc(CN2CCC(C)(C(=O)O)C2)cc1. The lowest BCUT2D eigenvalue weighted by atomic mass is 9.90. The Morgan fingerprint density at radius 3 is 2.24 bits per heavy atom. The van der Waals surface area contributed by atoms with E-state index in [4.69, 9.17) is 0 Å². The van der Waals surface area contributed by atoms with Gasteiger partial charge in [0.2, 0.25) is 0 Å². The molecule has 1 fully saturated rings. The van der Waals surface area contributed by atoms with Gasteiger partial charge in [0.15, 0.2) is 0 Å². The highest BCUT2D eigenvalue weighted by Gasteiger charge is 2.40. The zero-order chi connectivity index (χ0) is 18.1. The van der Waals surface area contributed by atoms with Crippen LogP contribution in [0.25, 0.3) is 0 Å². The van der Waals surface area contributed by atoms with Crippen molar-refractivity contribution in [1.29, 1.82) is 0 Å². The Labute approximate surface area is 153 Å². The van der Waals surface area contributed by atoms with Gasteiger partial charge in [-0.2, -0.15) is 0 Å². The van der Waals surface area contributed by atoms with Crippen molar-refractivity contribution in [3.05, 3.63) is 35.4 Å². The number of carboxylic acids is 1. The van der Waals surface area contributed by atoms with Crippen molar-refractivity contribution >= 4 is 5.97 Å². The fourth-order valence-corrected chi connectivity index (χ4v) is 3.72. The number of nitrogens with zero attached hydrogens (tertiary/aromatic N) is 1. The number of hydrogen-bond donors (Lipinski definition) is 1. The number of aryl methyl sites for hydroxylation is 1. The van der Waals surface area contributed by atoms with Crippen LogP contribution in [0.4, 0.5) is 0 Å². The number of carbonyl (C=O) groups is 1. The van der Waals surface area contributed by atoms with E-state index in [-0.39, 0.29) is 0 Å².